The lowest BCUT2D eigenvalue weighted by molar-refractivity contribution is -0.148. The molecule has 2 aromatic rings. The molecule has 0 fully saturated rings. The zero-order valence-electron chi connectivity index (χ0n) is 16.3. The van der Waals surface area contributed by atoms with E-state index in [-0.39, 0.29) is 5.91 Å². The molecule has 0 saturated heterocycles. The average molecular weight is 379 g/mol. The minimum atomic E-state index is -1.33. The Bertz CT molecular complexity index is 843. The molecule has 0 aliphatic heterocycles. The van der Waals surface area contributed by atoms with E-state index >= 15 is 0 Å². The van der Waals surface area contributed by atoms with Gasteiger partial charge in [-0.05, 0) is 36.8 Å². The number of esters is 1. The third kappa shape index (κ3) is 4.68. The van der Waals surface area contributed by atoms with Crippen molar-refractivity contribution in [1.29, 1.82) is 0 Å². The minimum Gasteiger partial charge on any atom is -0.497 e. The minimum absolute atomic E-state index is 0.386. The van der Waals surface area contributed by atoms with Crippen LogP contribution in [-0.4, -0.2) is 31.6 Å². The average Bonchev–Trinajstić information content (AvgIpc) is 2.74. The molecule has 0 aliphatic rings. The van der Waals surface area contributed by atoms with Crippen molar-refractivity contribution in [3.8, 4) is 5.75 Å². The molecule has 0 bridgehead atoms. The van der Waals surface area contributed by atoms with Gasteiger partial charge in [-0.2, -0.15) is 0 Å². The summed E-state index contributed by atoms with van der Waals surface area (Å²) < 4.78 is 10.2. The molecule has 0 unspecified atom stereocenters. The van der Waals surface area contributed by atoms with Crippen LogP contribution in [0.4, 0.5) is 0 Å². The summed E-state index contributed by atoms with van der Waals surface area (Å²) in [5.74, 6) is -0.745. The fourth-order valence-electron chi connectivity index (χ4n) is 3.01. The fourth-order valence-corrected chi connectivity index (χ4v) is 3.01. The third-order valence-corrected chi connectivity index (χ3v) is 4.56. The largest absolute Gasteiger partial charge is 0.497 e. The van der Waals surface area contributed by atoms with Gasteiger partial charge < -0.3 is 14.8 Å². The molecule has 28 heavy (non-hydrogen) atoms. The van der Waals surface area contributed by atoms with Gasteiger partial charge in [0.1, 0.15) is 11.3 Å². The van der Waals surface area contributed by atoms with Gasteiger partial charge in [0.2, 0.25) is 0 Å². The van der Waals surface area contributed by atoms with Gasteiger partial charge in [0.05, 0.1) is 14.2 Å². The second-order valence-electron chi connectivity index (χ2n) is 6.39. The fraction of sp³-hybridized carbons (Fsp3) is 0.217. The van der Waals surface area contributed by atoms with Crippen LogP contribution in [0.5, 0.6) is 5.75 Å². The number of carbonyl (C=O) groups is 2. The number of rotatable bonds is 8. The van der Waals surface area contributed by atoms with E-state index < -0.39 is 17.4 Å². The normalized spacial score (nSPS) is 14.0. The summed E-state index contributed by atoms with van der Waals surface area (Å²) in [6, 6.07) is 16.1. The number of allylic oxidation sites excluding steroid dienone is 2. The third-order valence-electron chi connectivity index (χ3n) is 4.56. The van der Waals surface area contributed by atoms with Crippen LogP contribution in [-0.2, 0) is 9.53 Å². The smallest absolute Gasteiger partial charge is 0.332 e. The molecule has 146 valence electrons. The van der Waals surface area contributed by atoms with Gasteiger partial charge in [0.25, 0.3) is 5.91 Å². The summed E-state index contributed by atoms with van der Waals surface area (Å²) in [5.41, 5.74) is -0.0499. The second-order valence-corrected chi connectivity index (χ2v) is 6.39. The van der Waals surface area contributed by atoms with Crippen LogP contribution in [0.2, 0.25) is 0 Å². The van der Waals surface area contributed by atoms with Crippen molar-refractivity contribution in [2.24, 2.45) is 0 Å². The van der Waals surface area contributed by atoms with Gasteiger partial charge in [-0.1, -0.05) is 55.1 Å². The highest BCUT2D eigenvalue weighted by molar-refractivity contribution is 5.98. The van der Waals surface area contributed by atoms with Gasteiger partial charge in [-0.25, -0.2) is 4.79 Å². The summed E-state index contributed by atoms with van der Waals surface area (Å²) in [6.45, 7) is 5.35. The van der Waals surface area contributed by atoms with Gasteiger partial charge in [-0.3, -0.25) is 4.79 Å². The number of ether oxygens (including phenoxy) is 2. The summed E-state index contributed by atoms with van der Waals surface area (Å²) in [4.78, 5) is 25.6. The molecular formula is C23H25NO4. The van der Waals surface area contributed by atoms with Crippen LogP contribution in [0.15, 0.2) is 79.4 Å². The Morgan fingerprint density at radius 2 is 1.71 bits per heavy atom. The molecule has 2 atom stereocenters. The SMILES string of the molecule is C=C/C=C\[C@@H](c1ccccc1)[C@](C)(NC(=O)c1ccc(OC)cc1)C(=O)OC. The summed E-state index contributed by atoms with van der Waals surface area (Å²) >= 11 is 0. The van der Waals surface area contributed by atoms with Crippen molar-refractivity contribution in [3.05, 3.63) is 90.5 Å². The molecule has 0 spiro atoms. The Morgan fingerprint density at radius 3 is 2.25 bits per heavy atom. The molecule has 5 heteroatoms. The molecule has 2 rings (SSSR count). The van der Waals surface area contributed by atoms with E-state index in [0.29, 0.717) is 11.3 Å². The lowest BCUT2D eigenvalue weighted by Crippen LogP contribution is -2.56. The van der Waals surface area contributed by atoms with E-state index in [2.05, 4.69) is 11.9 Å². The summed E-state index contributed by atoms with van der Waals surface area (Å²) in [7, 11) is 2.86. The van der Waals surface area contributed by atoms with Gasteiger partial charge in [0, 0.05) is 11.5 Å². The molecule has 1 N–H and O–H groups in total. The van der Waals surface area contributed by atoms with E-state index in [1.165, 1.54) is 7.11 Å². The quantitative estimate of drug-likeness (QED) is 0.558. The number of hydrogen-bond acceptors (Lipinski definition) is 4. The lowest BCUT2D eigenvalue weighted by Gasteiger charge is -2.34. The van der Waals surface area contributed by atoms with E-state index in [0.717, 1.165) is 5.56 Å². The van der Waals surface area contributed by atoms with E-state index in [1.807, 2.05) is 36.4 Å². The molecule has 1 amide bonds. The van der Waals surface area contributed by atoms with Crippen molar-refractivity contribution >= 4 is 11.9 Å². The number of hydrogen-bond donors (Lipinski definition) is 1. The van der Waals surface area contributed by atoms with Crippen LogP contribution < -0.4 is 10.1 Å². The Balaban J connectivity index is 2.44. The maximum atomic E-state index is 12.9. The van der Waals surface area contributed by atoms with Crippen molar-refractivity contribution < 1.29 is 19.1 Å². The molecule has 0 heterocycles. The van der Waals surface area contributed by atoms with Crippen molar-refractivity contribution in [1.82, 2.24) is 5.32 Å². The van der Waals surface area contributed by atoms with Crippen LogP contribution >= 0.6 is 0 Å². The Morgan fingerprint density at radius 1 is 1.07 bits per heavy atom. The maximum Gasteiger partial charge on any atom is 0.332 e. The van der Waals surface area contributed by atoms with Crippen molar-refractivity contribution in [3.63, 3.8) is 0 Å². The van der Waals surface area contributed by atoms with Crippen molar-refractivity contribution in [2.75, 3.05) is 14.2 Å². The highest BCUT2D eigenvalue weighted by atomic mass is 16.5. The van der Waals surface area contributed by atoms with E-state index in [9.17, 15) is 9.59 Å². The van der Waals surface area contributed by atoms with Crippen LogP contribution in [0.1, 0.15) is 28.8 Å². The highest BCUT2D eigenvalue weighted by Gasteiger charge is 2.43. The predicted molar refractivity (Wildman–Crippen MR) is 109 cm³/mol. The van der Waals surface area contributed by atoms with Gasteiger partial charge in [-0.15, -0.1) is 0 Å². The first-order valence-electron chi connectivity index (χ1n) is 8.85. The zero-order valence-corrected chi connectivity index (χ0v) is 16.3. The number of amides is 1. The molecule has 0 aromatic heterocycles. The standard InChI is InChI=1S/C23H25NO4/c1-5-6-12-20(17-10-8-7-9-11-17)23(2,22(26)28-4)24-21(25)18-13-15-19(27-3)16-14-18/h5-16,20H,1H2,2-4H3,(H,24,25)/b12-6-/t20-,23-/m0/s1. The summed E-state index contributed by atoms with van der Waals surface area (Å²) in [5, 5.41) is 2.87. The summed E-state index contributed by atoms with van der Waals surface area (Å²) in [6.07, 6.45) is 5.20. The first kappa shape index (κ1) is 21.0. The molecule has 2 aromatic carbocycles. The predicted octanol–water partition coefficient (Wildman–Crippen LogP) is 3.88. The van der Waals surface area contributed by atoms with E-state index in [1.54, 1.807) is 50.5 Å². The van der Waals surface area contributed by atoms with Gasteiger partial charge in [0.15, 0.2) is 0 Å². The molecule has 0 saturated carbocycles. The van der Waals surface area contributed by atoms with Crippen LogP contribution in [0.25, 0.3) is 0 Å². The molecule has 0 aliphatic carbocycles. The van der Waals surface area contributed by atoms with Gasteiger partial charge >= 0.3 is 5.97 Å². The Hall–Kier alpha value is -3.34. The number of benzene rings is 2. The van der Waals surface area contributed by atoms with Crippen molar-refractivity contribution in [2.45, 2.75) is 18.4 Å². The number of carbonyl (C=O) groups excluding carboxylic acids is 2. The van der Waals surface area contributed by atoms with E-state index in [4.69, 9.17) is 9.47 Å². The lowest BCUT2D eigenvalue weighted by atomic mass is 9.79. The second kappa shape index (κ2) is 9.55. The zero-order chi connectivity index (χ0) is 20.6. The molecular weight excluding hydrogens is 354 g/mol. The number of methoxy groups -OCH3 is 2. The topological polar surface area (TPSA) is 64.6 Å². The molecule has 0 radical (unpaired) electrons. The monoisotopic (exact) mass is 379 g/mol. The number of nitrogens with one attached hydrogen (secondary N) is 1. The highest BCUT2D eigenvalue weighted by Crippen LogP contribution is 2.31. The van der Waals surface area contributed by atoms with Crippen LogP contribution in [0, 0.1) is 0 Å². The Kier molecular flexibility index (Phi) is 7.15. The maximum absolute atomic E-state index is 12.9. The van der Waals surface area contributed by atoms with Crippen LogP contribution in [0.3, 0.4) is 0 Å². The Labute approximate surface area is 165 Å². The molecule has 5 nitrogen and oxygen atoms in total. The first-order chi connectivity index (χ1) is 13.5. The first-order valence-corrected chi connectivity index (χ1v) is 8.85.